The third-order valence-corrected chi connectivity index (χ3v) is 30.7. The van der Waals surface area contributed by atoms with Crippen LogP contribution in [-0.2, 0) is 81.5 Å². The summed E-state index contributed by atoms with van der Waals surface area (Å²) in [5.41, 5.74) is 5.85. The lowest BCUT2D eigenvalue weighted by atomic mass is 10.0. The highest BCUT2D eigenvalue weighted by atomic mass is 28.4. The van der Waals surface area contributed by atoms with Crippen LogP contribution in [0.2, 0.25) is 24.2 Å². The van der Waals surface area contributed by atoms with Crippen LogP contribution in [0, 0.1) is 11.8 Å². The monoisotopic (exact) mass is 1700 g/mol. The molecule has 0 bridgehead atoms. The van der Waals surface area contributed by atoms with Gasteiger partial charge in [0.05, 0.1) is 76.3 Å². The molecule has 0 aromatic carbocycles. The Kier molecular flexibility index (Phi) is 78.9. The van der Waals surface area contributed by atoms with Gasteiger partial charge in [0.25, 0.3) is 0 Å². The van der Waals surface area contributed by atoms with Gasteiger partial charge in [-0.2, -0.15) is 0 Å². The predicted molar refractivity (Wildman–Crippen MR) is 448 cm³/mol. The van der Waals surface area contributed by atoms with Crippen molar-refractivity contribution in [1.29, 1.82) is 0 Å². The molecule has 0 saturated carbocycles. The van der Waals surface area contributed by atoms with Gasteiger partial charge in [0.1, 0.15) is 0 Å². The van der Waals surface area contributed by atoms with E-state index < -0.39 is 71.8 Å². The van der Waals surface area contributed by atoms with Crippen LogP contribution >= 0.6 is 0 Å². The van der Waals surface area contributed by atoms with Crippen LogP contribution in [-0.4, -0.2) is 426 Å². The normalized spacial score (nSPS) is 14.8. The van der Waals surface area contributed by atoms with Gasteiger partial charge >= 0.3 is 35.2 Å². The summed E-state index contributed by atoms with van der Waals surface area (Å²) < 4.78 is 100. The molecule has 0 spiro atoms. The molecule has 38 heteroatoms. The Balaban J connectivity index is 0. The number of nitrogens with one attached hydrogen (secondary N) is 6. The highest BCUT2D eigenvalue weighted by molar-refractivity contribution is 6.61. The molecule has 34 nitrogen and oxygen atoms in total. The van der Waals surface area contributed by atoms with Crippen molar-refractivity contribution in [3.05, 3.63) is 0 Å². The van der Waals surface area contributed by atoms with E-state index >= 15 is 0 Å². The van der Waals surface area contributed by atoms with Gasteiger partial charge in [-0.3, -0.25) is 14.7 Å². The van der Waals surface area contributed by atoms with E-state index in [9.17, 15) is 30.6 Å². The van der Waals surface area contributed by atoms with Gasteiger partial charge in [-0.15, -0.1) is 0 Å². The Morgan fingerprint density at radius 1 is 0.286 bits per heavy atom. The van der Waals surface area contributed by atoms with E-state index in [4.69, 9.17) is 87.3 Å². The molecule has 14 N–H and O–H groups in total. The van der Waals surface area contributed by atoms with Gasteiger partial charge in [0.2, 0.25) is 0 Å². The lowest BCUT2D eigenvalue weighted by molar-refractivity contribution is -0.0105. The molecule has 676 valence electrons. The van der Waals surface area contributed by atoms with Gasteiger partial charge in [-0.25, -0.2) is 0 Å². The Morgan fingerprint density at radius 2 is 0.527 bits per heavy atom. The van der Waals surface area contributed by atoms with Crippen molar-refractivity contribution in [3.63, 3.8) is 0 Å². The largest absolute Gasteiger partial charge is 0.500 e. The van der Waals surface area contributed by atoms with E-state index in [1.165, 1.54) is 38.5 Å². The third-order valence-electron chi connectivity index (χ3n) is 19.4. The zero-order valence-corrected chi connectivity index (χ0v) is 76.9. The first-order chi connectivity index (χ1) is 54.2. The van der Waals surface area contributed by atoms with Gasteiger partial charge in [-0.1, -0.05) is 66.2 Å². The van der Waals surface area contributed by atoms with E-state index in [0.29, 0.717) is 186 Å². The standard InChI is InChI=1S/2C37H85N5O12Si2/c1-9-11-14-34(10-2)30-54-33-35(43)27-41(20-15-38)21-18-39-16-17-40-19-22-42(28-36(44)31-52-23-12-25-55(46-3,47-4)48-5)29-37(45)32-53-24-13-26-56(49-6,50-7)51-8;1-9-11-14-34(10-2)30-54-31-35(43)27-41-20-19-39-16-15-38-17-18-40-21-22-42(28-36(44)32-52-23-12-25-55(46-3,47-4)48-5)29-37(45)33-53-24-13-26-56(49-6,50-7)51-8/h34-37,39-40,43-45H,9-33,38H2,1-8H3;34-41,43-45H,9-33H2,1-8H3. The van der Waals surface area contributed by atoms with Crippen LogP contribution in [0.5, 0.6) is 0 Å². The fourth-order valence-corrected chi connectivity index (χ4v) is 19.1. The van der Waals surface area contributed by atoms with Crippen LogP contribution in [0.1, 0.15) is 105 Å². The van der Waals surface area contributed by atoms with Gasteiger partial charge in [0, 0.05) is 293 Å². The minimum absolute atomic E-state index is 0.162. The number of unbranched alkanes of at least 4 members (excludes halogenated alkanes) is 2. The van der Waals surface area contributed by atoms with Crippen molar-refractivity contribution in [2.75, 3.05) is 309 Å². The number of nitrogens with two attached hydrogens (primary N) is 1. The fraction of sp³-hybridized carbons (Fsp3) is 1.00. The van der Waals surface area contributed by atoms with E-state index in [1.807, 2.05) is 9.80 Å². The van der Waals surface area contributed by atoms with Crippen LogP contribution in [0.15, 0.2) is 0 Å². The van der Waals surface area contributed by atoms with Crippen LogP contribution in [0.3, 0.4) is 0 Å². The number of aliphatic hydroxyl groups excluding tert-OH is 6. The summed E-state index contributed by atoms with van der Waals surface area (Å²) in [6.07, 6.45) is 8.17. The van der Waals surface area contributed by atoms with Crippen molar-refractivity contribution in [2.45, 2.75) is 166 Å². The van der Waals surface area contributed by atoms with E-state index in [-0.39, 0.29) is 26.4 Å². The second-order valence-corrected chi connectivity index (χ2v) is 40.7. The molecule has 8 unspecified atom stereocenters. The molecule has 0 rings (SSSR count). The molecular weight excluding hydrogens is 1530 g/mol. The molecule has 0 fully saturated rings. The lowest BCUT2D eigenvalue weighted by Gasteiger charge is -2.28. The first-order valence-electron chi connectivity index (χ1n) is 41.4. The first-order valence-corrected chi connectivity index (χ1v) is 49.2. The highest BCUT2D eigenvalue weighted by Gasteiger charge is 2.40. The average molecular weight is 1700 g/mol. The Hall–Kier alpha value is -0.492. The summed E-state index contributed by atoms with van der Waals surface area (Å²) in [5.74, 6) is 1.14. The van der Waals surface area contributed by atoms with Crippen LogP contribution < -0.4 is 37.6 Å². The number of hydrogen-bond donors (Lipinski definition) is 13. The molecule has 0 radical (unpaired) electrons. The molecule has 0 amide bonds. The Bertz CT molecular complexity index is 1860. The second kappa shape index (κ2) is 77.8. The number of hydrogen-bond acceptors (Lipinski definition) is 34. The smallest absolute Gasteiger partial charge is 0.389 e. The molecule has 112 heavy (non-hydrogen) atoms. The zero-order valence-electron chi connectivity index (χ0n) is 72.9. The second-order valence-electron chi connectivity index (χ2n) is 28.3. The van der Waals surface area contributed by atoms with Crippen molar-refractivity contribution >= 4 is 35.2 Å². The number of nitrogens with zero attached hydrogens (tertiary/aromatic N) is 3. The topological polar surface area (TPSA) is 395 Å². The Labute approximate surface area is 682 Å². The SMILES string of the molecule is CCCCC(CC)COCC(O)CN(CCN)CCNCCNCCN(CC(O)COCCC[Si](OC)(OC)OC)CC(O)COCCC[Si](OC)(OC)OC.CCCCC(CC)COCC(O)CNCCNCCNCCNCCN(CC(O)COCCC[Si](OC)(OC)OC)CC(O)COCCC[Si](OC)(OC)OC. The van der Waals surface area contributed by atoms with Crippen molar-refractivity contribution < 1.29 is 112 Å². The molecule has 0 aliphatic rings. The minimum Gasteiger partial charge on any atom is -0.389 e. The summed E-state index contributed by atoms with van der Waals surface area (Å²) in [5, 5.41) is 84.5. The molecule has 0 aromatic rings. The number of ether oxygens (including phenoxy) is 6. The minimum atomic E-state index is -2.67. The van der Waals surface area contributed by atoms with Crippen molar-refractivity contribution in [3.8, 4) is 0 Å². The van der Waals surface area contributed by atoms with E-state index in [1.54, 1.807) is 85.3 Å². The fourth-order valence-electron chi connectivity index (χ4n) is 12.3. The molecule has 0 aliphatic carbocycles. The maximum Gasteiger partial charge on any atom is 0.500 e. The molecule has 0 aliphatic heterocycles. The summed E-state index contributed by atoms with van der Waals surface area (Å²) >= 11 is 0. The lowest BCUT2D eigenvalue weighted by Crippen LogP contribution is -2.45. The number of aliphatic hydroxyl groups is 6. The van der Waals surface area contributed by atoms with Crippen molar-refractivity contribution in [2.24, 2.45) is 17.6 Å². The number of rotatable bonds is 87. The highest BCUT2D eigenvalue weighted by Crippen LogP contribution is 2.20. The maximum atomic E-state index is 10.8. The van der Waals surface area contributed by atoms with Gasteiger partial charge in [-0.05, 0) is 50.4 Å². The van der Waals surface area contributed by atoms with Crippen LogP contribution in [0.25, 0.3) is 0 Å². The molecule has 0 aromatic heterocycles. The zero-order chi connectivity index (χ0) is 83.7. The Morgan fingerprint density at radius 3 is 0.786 bits per heavy atom. The summed E-state index contributed by atoms with van der Waals surface area (Å²) in [4.78, 5) is 6.22. The van der Waals surface area contributed by atoms with E-state index in [2.05, 4.69) is 64.5 Å². The predicted octanol–water partition coefficient (Wildman–Crippen LogP) is 1.15. The quantitative estimate of drug-likeness (QED) is 0.0300. The van der Waals surface area contributed by atoms with Gasteiger partial charge < -0.3 is 150 Å². The van der Waals surface area contributed by atoms with Crippen molar-refractivity contribution in [1.82, 2.24) is 46.6 Å². The molecule has 8 atom stereocenters. The van der Waals surface area contributed by atoms with Gasteiger partial charge in [0.15, 0.2) is 0 Å². The summed E-state index contributed by atoms with van der Waals surface area (Å²) in [6.45, 7) is 27.6. The molecule has 0 heterocycles. The summed E-state index contributed by atoms with van der Waals surface area (Å²) in [6, 6.07) is 2.46. The van der Waals surface area contributed by atoms with E-state index in [0.717, 1.165) is 84.9 Å². The first kappa shape index (κ1) is 114. The van der Waals surface area contributed by atoms with Crippen LogP contribution in [0.4, 0.5) is 0 Å². The third kappa shape index (κ3) is 60.9. The molecule has 0 saturated heterocycles. The average Bonchev–Trinajstić information content (AvgIpc) is 0.971. The summed E-state index contributed by atoms with van der Waals surface area (Å²) in [7, 11) is 8.38. The maximum absolute atomic E-state index is 10.8. The molecular formula is C74H170N10O24Si4.